The highest BCUT2D eigenvalue weighted by Crippen LogP contribution is 2.49. The number of hydrogen-bond acceptors (Lipinski definition) is 10. The first-order chi connectivity index (χ1) is 17.9. The van der Waals surface area contributed by atoms with Gasteiger partial charge in [0.25, 0.3) is 0 Å². The molecule has 196 valence electrons. The predicted molar refractivity (Wildman–Crippen MR) is 136 cm³/mol. The maximum absolute atomic E-state index is 13.1. The Bertz CT molecular complexity index is 1560. The maximum atomic E-state index is 13.1. The van der Waals surface area contributed by atoms with Crippen molar-refractivity contribution in [2.75, 3.05) is 6.61 Å². The van der Waals surface area contributed by atoms with Crippen LogP contribution >= 0.6 is 0 Å². The molecule has 0 aliphatic carbocycles. The molecule has 0 radical (unpaired) electrons. The van der Waals surface area contributed by atoms with E-state index in [0.29, 0.717) is 5.56 Å². The van der Waals surface area contributed by atoms with Crippen molar-refractivity contribution < 1.29 is 50.1 Å². The van der Waals surface area contributed by atoms with E-state index in [1.807, 2.05) is 0 Å². The number of hydrogen-bond donors (Lipinski definition) is 7. The molecule has 0 fully saturated rings. The van der Waals surface area contributed by atoms with E-state index in [2.05, 4.69) is 0 Å². The zero-order valence-electron chi connectivity index (χ0n) is 20.3. The number of ether oxygens (including phenoxy) is 1. The summed E-state index contributed by atoms with van der Waals surface area (Å²) in [7, 11) is 0. The molecule has 0 saturated heterocycles. The lowest BCUT2D eigenvalue weighted by molar-refractivity contribution is 0.100. The summed E-state index contributed by atoms with van der Waals surface area (Å²) in [6.07, 6.45) is 4.96. The minimum atomic E-state index is -0.824. The van der Waals surface area contributed by atoms with Crippen LogP contribution in [0.1, 0.15) is 55.5 Å². The SMILES string of the molecule is CC(=O)c1c(O)c(C)c(O)c(Cc2c(O)c(C(=O)/C=C/c3ccc(O)c(O)c3)c(O)c3c2OCC=C3)c1O. The highest BCUT2D eigenvalue weighted by molar-refractivity contribution is 6.12. The monoisotopic (exact) mass is 520 g/mol. The van der Waals surface area contributed by atoms with Crippen molar-refractivity contribution in [2.24, 2.45) is 0 Å². The van der Waals surface area contributed by atoms with Crippen LogP contribution in [0.5, 0.6) is 46.0 Å². The van der Waals surface area contributed by atoms with E-state index in [1.165, 1.54) is 37.3 Å². The van der Waals surface area contributed by atoms with Gasteiger partial charge >= 0.3 is 0 Å². The number of rotatable bonds is 6. The molecule has 1 heterocycles. The van der Waals surface area contributed by atoms with Gasteiger partial charge in [0.15, 0.2) is 23.1 Å². The lowest BCUT2D eigenvalue weighted by Crippen LogP contribution is -2.09. The third-order valence-corrected chi connectivity index (χ3v) is 6.28. The predicted octanol–water partition coefficient (Wildman–Crippen LogP) is 4.03. The first-order valence-corrected chi connectivity index (χ1v) is 11.4. The van der Waals surface area contributed by atoms with E-state index in [9.17, 15) is 45.3 Å². The molecule has 0 saturated carbocycles. The number of carbonyl (C=O) groups is 2. The molecule has 0 aromatic heterocycles. The van der Waals surface area contributed by atoms with E-state index in [4.69, 9.17) is 4.74 Å². The van der Waals surface area contributed by atoms with E-state index < -0.39 is 63.6 Å². The molecule has 0 bridgehead atoms. The molecule has 7 N–H and O–H groups in total. The third kappa shape index (κ3) is 4.32. The minimum Gasteiger partial charge on any atom is -0.507 e. The zero-order chi connectivity index (χ0) is 27.9. The van der Waals surface area contributed by atoms with Crippen LogP contribution in [0.25, 0.3) is 12.2 Å². The van der Waals surface area contributed by atoms with E-state index in [-0.39, 0.29) is 40.4 Å². The largest absolute Gasteiger partial charge is 0.507 e. The number of allylic oxidation sites excluding steroid dienone is 1. The normalized spacial score (nSPS) is 12.4. The molecule has 1 aliphatic rings. The van der Waals surface area contributed by atoms with Crippen molar-refractivity contribution >= 4 is 23.7 Å². The molecule has 3 aromatic carbocycles. The minimum absolute atomic E-state index is 0.000361. The Labute approximate surface area is 216 Å². The van der Waals surface area contributed by atoms with Crippen LogP contribution in [-0.2, 0) is 6.42 Å². The summed E-state index contributed by atoms with van der Waals surface area (Å²) in [5.74, 6) is -5.32. The first-order valence-electron chi connectivity index (χ1n) is 11.4. The number of phenols is 7. The number of aromatic hydroxyl groups is 7. The van der Waals surface area contributed by atoms with Gasteiger partial charge < -0.3 is 40.5 Å². The van der Waals surface area contributed by atoms with E-state index in [0.717, 1.165) is 13.0 Å². The fraction of sp³-hybridized carbons (Fsp3) is 0.143. The van der Waals surface area contributed by atoms with Gasteiger partial charge in [0.2, 0.25) is 0 Å². The maximum Gasteiger partial charge on any atom is 0.193 e. The number of fused-ring (bicyclic) bond motifs is 1. The van der Waals surface area contributed by atoms with Crippen molar-refractivity contribution in [3.63, 3.8) is 0 Å². The molecule has 3 aromatic rings. The first kappa shape index (κ1) is 26.0. The summed E-state index contributed by atoms with van der Waals surface area (Å²) in [6.45, 7) is 2.54. The Morgan fingerprint density at radius 1 is 0.868 bits per heavy atom. The molecular weight excluding hydrogens is 496 g/mol. The van der Waals surface area contributed by atoms with Crippen LogP contribution in [0, 0.1) is 6.92 Å². The Balaban J connectivity index is 1.88. The summed E-state index contributed by atoms with van der Waals surface area (Å²) in [5.41, 5.74) is -0.835. The number of phenolic OH excluding ortho intramolecular Hbond substituents is 7. The zero-order valence-corrected chi connectivity index (χ0v) is 20.3. The Kier molecular flexibility index (Phi) is 6.65. The second kappa shape index (κ2) is 9.74. The van der Waals surface area contributed by atoms with Crippen LogP contribution in [0.2, 0.25) is 0 Å². The van der Waals surface area contributed by atoms with Crippen LogP contribution < -0.4 is 4.74 Å². The van der Waals surface area contributed by atoms with Gasteiger partial charge in [-0.15, -0.1) is 0 Å². The van der Waals surface area contributed by atoms with Crippen molar-refractivity contribution in [2.45, 2.75) is 20.3 Å². The van der Waals surface area contributed by atoms with Crippen molar-refractivity contribution in [3.05, 3.63) is 69.3 Å². The summed E-state index contributed by atoms with van der Waals surface area (Å²) < 4.78 is 5.62. The lowest BCUT2D eigenvalue weighted by atomic mass is 9.90. The number of ketones is 2. The van der Waals surface area contributed by atoms with Crippen molar-refractivity contribution in [1.82, 2.24) is 0 Å². The van der Waals surface area contributed by atoms with Gasteiger partial charge in [-0.25, -0.2) is 0 Å². The molecule has 4 rings (SSSR count). The summed E-state index contributed by atoms with van der Waals surface area (Å²) in [5, 5.41) is 72.8. The summed E-state index contributed by atoms with van der Waals surface area (Å²) >= 11 is 0. The highest BCUT2D eigenvalue weighted by Gasteiger charge is 2.31. The third-order valence-electron chi connectivity index (χ3n) is 6.28. The average molecular weight is 520 g/mol. The average Bonchev–Trinajstić information content (AvgIpc) is 2.87. The fourth-order valence-electron chi connectivity index (χ4n) is 4.27. The second-order valence-corrected chi connectivity index (χ2v) is 8.71. The van der Waals surface area contributed by atoms with E-state index >= 15 is 0 Å². The van der Waals surface area contributed by atoms with Crippen LogP contribution in [0.4, 0.5) is 0 Å². The molecule has 0 amide bonds. The standard InChI is InChI=1S/C28H24O10/c1-12-23(33)16(26(36)21(13(2)29)24(12)34)11-17-27(37)22(25(35)15-4-3-9-38-28(15)17)19(31)8-6-14-5-7-18(30)20(32)10-14/h3-8,10,30,32-37H,9,11H2,1-2H3/b8-6+. The fourth-order valence-corrected chi connectivity index (χ4v) is 4.27. The topological polar surface area (TPSA) is 185 Å². The molecule has 1 aliphatic heterocycles. The molecule has 0 unspecified atom stereocenters. The van der Waals surface area contributed by atoms with Crippen molar-refractivity contribution in [3.8, 4) is 46.0 Å². The number of benzene rings is 3. The lowest BCUT2D eigenvalue weighted by Gasteiger charge is -2.22. The molecule has 0 spiro atoms. The van der Waals surface area contributed by atoms with Gasteiger partial charge in [0.1, 0.15) is 52.2 Å². The van der Waals surface area contributed by atoms with Gasteiger partial charge in [0, 0.05) is 23.1 Å². The van der Waals surface area contributed by atoms with E-state index in [1.54, 1.807) is 6.08 Å². The van der Waals surface area contributed by atoms with Crippen molar-refractivity contribution in [1.29, 1.82) is 0 Å². The number of carbonyl (C=O) groups excluding carboxylic acids is 2. The smallest absolute Gasteiger partial charge is 0.193 e. The highest BCUT2D eigenvalue weighted by atomic mass is 16.5. The molecule has 10 heteroatoms. The Morgan fingerprint density at radius 3 is 2.21 bits per heavy atom. The van der Waals surface area contributed by atoms with Gasteiger partial charge in [0.05, 0.1) is 5.56 Å². The molecule has 0 atom stereocenters. The van der Waals surface area contributed by atoms with Crippen LogP contribution in [-0.4, -0.2) is 53.9 Å². The molecular formula is C28H24O10. The Hall–Kier alpha value is -5.12. The summed E-state index contributed by atoms with van der Waals surface area (Å²) in [4.78, 5) is 25.2. The van der Waals surface area contributed by atoms with Gasteiger partial charge in [-0.1, -0.05) is 12.1 Å². The Morgan fingerprint density at radius 2 is 1.55 bits per heavy atom. The number of Topliss-reactive ketones (excluding diaryl/α,β-unsaturated/α-hetero) is 1. The molecule has 10 nitrogen and oxygen atoms in total. The van der Waals surface area contributed by atoms with Gasteiger partial charge in [-0.3, -0.25) is 9.59 Å². The quantitative estimate of drug-likeness (QED) is 0.142. The van der Waals surface area contributed by atoms with Gasteiger partial charge in [-0.05, 0) is 49.8 Å². The molecule has 38 heavy (non-hydrogen) atoms. The van der Waals surface area contributed by atoms with Gasteiger partial charge in [-0.2, -0.15) is 0 Å². The second-order valence-electron chi connectivity index (χ2n) is 8.71. The van der Waals surface area contributed by atoms with Crippen LogP contribution in [0.3, 0.4) is 0 Å². The summed E-state index contributed by atoms with van der Waals surface area (Å²) in [6, 6.07) is 3.86. The van der Waals surface area contributed by atoms with Crippen LogP contribution in [0.15, 0.2) is 30.4 Å².